The smallest absolute Gasteiger partial charge is 0.0901 e. The van der Waals surface area contributed by atoms with Crippen LogP contribution >= 0.6 is 0 Å². The predicted molar refractivity (Wildman–Crippen MR) is 101 cm³/mol. The van der Waals surface area contributed by atoms with Crippen LogP contribution in [0.2, 0.25) is 0 Å². The molecule has 4 heterocycles. The van der Waals surface area contributed by atoms with E-state index >= 15 is 0 Å². The maximum Gasteiger partial charge on any atom is 0.0901 e. The van der Waals surface area contributed by atoms with Crippen molar-refractivity contribution in [3.8, 4) is 0 Å². The molecule has 0 unspecified atom stereocenters. The van der Waals surface area contributed by atoms with Gasteiger partial charge in [-0.15, -0.1) is 0 Å². The minimum Gasteiger partial charge on any atom is -0.369 e. The number of hydrogen-bond donors (Lipinski definition) is 3. The summed E-state index contributed by atoms with van der Waals surface area (Å²) in [5.41, 5.74) is 5.85. The van der Waals surface area contributed by atoms with Gasteiger partial charge in [0.15, 0.2) is 0 Å². The summed E-state index contributed by atoms with van der Waals surface area (Å²) in [7, 11) is 2.27. The van der Waals surface area contributed by atoms with Crippen molar-refractivity contribution in [1.82, 2.24) is 10.2 Å². The number of rotatable bonds is 1. The summed E-state index contributed by atoms with van der Waals surface area (Å²) in [6.07, 6.45) is 3.06. The van der Waals surface area contributed by atoms with E-state index < -0.39 is 0 Å². The lowest BCUT2D eigenvalue weighted by molar-refractivity contribution is 0.170. The highest BCUT2D eigenvalue weighted by Crippen LogP contribution is 2.64. The van der Waals surface area contributed by atoms with Crippen molar-refractivity contribution in [2.24, 2.45) is 0 Å². The van der Waals surface area contributed by atoms with E-state index in [9.17, 15) is 0 Å². The highest BCUT2D eigenvalue weighted by atomic mass is 15.3. The Morgan fingerprint density at radius 2 is 1.56 bits per heavy atom. The highest BCUT2D eigenvalue weighted by molar-refractivity contribution is 5.72. The van der Waals surface area contributed by atoms with Crippen molar-refractivity contribution in [2.45, 2.75) is 36.0 Å². The van der Waals surface area contributed by atoms with Gasteiger partial charge in [-0.25, -0.2) is 0 Å². The number of para-hydroxylation sites is 2. The number of hydrogen-bond acceptors (Lipinski definition) is 4. The van der Waals surface area contributed by atoms with Crippen molar-refractivity contribution < 1.29 is 0 Å². The molecular weight excluding hydrogens is 308 g/mol. The molecule has 128 valence electrons. The molecule has 0 amide bonds. The van der Waals surface area contributed by atoms with Crippen LogP contribution in [0.3, 0.4) is 0 Å². The average Bonchev–Trinajstić information content (AvgIpc) is 3.34. The number of nitrogens with zero attached hydrogens (tertiary/aromatic N) is 1. The first-order valence-electron chi connectivity index (χ1n) is 9.43. The first kappa shape index (κ1) is 14.2. The lowest BCUT2D eigenvalue weighted by atomic mass is 9.55. The second-order valence-electron chi connectivity index (χ2n) is 8.09. The van der Waals surface area contributed by atoms with Gasteiger partial charge < -0.3 is 10.6 Å². The Morgan fingerprint density at radius 1 is 0.880 bits per heavy atom. The molecule has 0 saturated carbocycles. The number of nitrogens with one attached hydrogen (secondary N) is 3. The van der Waals surface area contributed by atoms with Gasteiger partial charge >= 0.3 is 0 Å². The van der Waals surface area contributed by atoms with Crippen molar-refractivity contribution in [3.63, 3.8) is 0 Å². The molecule has 0 spiro atoms. The van der Waals surface area contributed by atoms with Crippen LogP contribution in [0, 0.1) is 0 Å². The van der Waals surface area contributed by atoms with Crippen LogP contribution in [0.1, 0.15) is 24.0 Å². The van der Waals surface area contributed by atoms with Crippen molar-refractivity contribution in [1.29, 1.82) is 0 Å². The molecule has 2 aromatic rings. The number of likely N-dealkylation sites (tertiary alicyclic amines) is 1. The van der Waals surface area contributed by atoms with E-state index in [4.69, 9.17) is 0 Å². The second kappa shape index (κ2) is 4.57. The minimum absolute atomic E-state index is 0.0959. The van der Waals surface area contributed by atoms with Crippen LogP contribution in [0.25, 0.3) is 0 Å². The van der Waals surface area contributed by atoms with Gasteiger partial charge in [-0.1, -0.05) is 36.4 Å². The van der Waals surface area contributed by atoms with Gasteiger partial charge in [0.05, 0.1) is 12.3 Å². The molecule has 25 heavy (non-hydrogen) atoms. The van der Waals surface area contributed by atoms with Gasteiger partial charge in [0.25, 0.3) is 0 Å². The molecule has 4 heteroatoms. The van der Waals surface area contributed by atoms with E-state index in [1.54, 1.807) is 0 Å². The molecular formula is C21H24N4. The van der Waals surface area contributed by atoms with Gasteiger partial charge in [0, 0.05) is 28.7 Å². The topological polar surface area (TPSA) is 39.3 Å². The van der Waals surface area contributed by atoms with E-state index in [2.05, 4.69) is 76.4 Å². The molecule has 4 aliphatic rings. The zero-order valence-corrected chi connectivity index (χ0v) is 14.5. The lowest BCUT2D eigenvalue weighted by Gasteiger charge is -2.47. The number of anilines is 2. The van der Waals surface area contributed by atoms with Gasteiger partial charge in [0.1, 0.15) is 0 Å². The Kier molecular flexibility index (Phi) is 2.59. The quantitative estimate of drug-likeness (QED) is 0.751. The third-order valence-corrected chi connectivity index (χ3v) is 7.33. The fourth-order valence-electron chi connectivity index (χ4n) is 6.43. The van der Waals surface area contributed by atoms with E-state index in [1.807, 2.05) is 0 Å². The van der Waals surface area contributed by atoms with Crippen LogP contribution < -0.4 is 16.0 Å². The number of likely N-dealkylation sites (N-methyl/N-ethyl adjacent to an activating group) is 1. The van der Waals surface area contributed by atoms with Gasteiger partial charge in [0.2, 0.25) is 0 Å². The third-order valence-electron chi connectivity index (χ3n) is 7.33. The highest BCUT2D eigenvalue weighted by Gasteiger charge is 2.70. The molecule has 4 aliphatic heterocycles. The van der Waals surface area contributed by atoms with Crippen molar-refractivity contribution in [3.05, 3.63) is 59.7 Å². The first-order chi connectivity index (χ1) is 12.3. The Balaban J connectivity index is 1.67. The Bertz CT molecular complexity index is 864. The molecule has 4 nitrogen and oxygen atoms in total. The van der Waals surface area contributed by atoms with E-state index in [-0.39, 0.29) is 10.8 Å². The van der Waals surface area contributed by atoms with Crippen LogP contribution in [-0.2, 0) is 10.8 Å². The third kappa shape index (κ3) is 1.44. The summed E-state index contributed by atoms with van der Waals surface area (Å²) >= 11 is 0. The second-order valence-corrected chi connectivity index (χ2v) is 8.09. The zero-order chi connectivity index (χ0) is 16.6. The molecule has 0 aromatic heterocycles. The molecule has 3 N–H and O–H groups in total. The monoisotopic (exact) mass is 332 g/mol. The lowest BCUT2D eigenvalue weighted by Crippen LogP contribution is -2.59. The Morgan fingerprint density at radius 3 is 2.36 bits per heavy atom. The fraction of sp³-hybridized carbons (Fsp3) is 0.429. The van der Waals surface area contributed by atoms with Crippen LogP contribution in [0.15, 0.2) is 48.5 Å². The molecule has 0 bridgehead atoms. The standard InChI is InChI=1S/C21H24N4/c1-25-13-11-21(15-7-3-5-9-17(15)24-19(21)25)20-10-12-22-18(20)23-16-8-4-2-6-14(16)20/h2-9,18-19,22-24H,10-13H2,1H3/t18-,19-,20-,21+/m0/s1. The minimum atomic E-state index is 0.0959. The van der Waals surface area contributed by atoms with E-state index in [1.165, 1.54) is 35.3 Å². The SMILES string of the molecule is CN1CC[C@@]2([C@]34CCN[C@H]3Nc3ccccc34)c3ccccc3N[C@@H]12. The zero-order valence-electron chi connectivity index (χ0n) is 14.5. The maximum atomic E-state index is 3.87. The van der Waals surface area contributed by atoms with E-state index in [0.29, 0.717) is 12.3 Å². The largest absolute Gasteiger partial charge is 0.369 e. The van der Waals surface area contributed by atoms with Crippen molar-refractivity contribution >= 4 is 11.4 Å². The maximum absolute atomic E-state index is 3.87. The Hall–Kier alpha value is -2.04. The predicted octanol–water partition coefficient (Wildman–Crippen LogP) is 2.69. The van der Waals surface area contributed by atoms with Crippen LogP contribution in [-0.4, -0.2) is 37.4 Å². The summed E-state index contributed by atoms with van der Waals surface area (Å²) in [6.45, 7) is 2.22. The summed E-state index contributed by atoms with van der Waals surface area (Å²) in [5, 5.41) is 11.5. The first-order valence-corrected chi connectivity index (χ1v) is 9.43. The molecule has 4 atom stereocenters. The number of benzene rings is 2. The molecule has 0 aliphatic carbocycles. The Labute approximate surface area is 148 Å². The average molecular weight is 332 g/mol. The van der Waals surface area contributed by atoms with Crippen molar-refractivity contribution in [2.75, 3.05) is 30.8 Å². The molecule has 2 aromatic carbocycles. The normalized spacial score (nSPS) is 37.8. The van der Waals surface area contributed by atoms with Crippen LogP contribution in [0.4, 0.5) is 11.4 Å². The van der Waals surface area contributed by atoms with E-state index in [0.717, 1.165) is 13.1 Å². The fourth-order valence-corrected chi connectivity index (χ4v) is 6.43. The molecule has 2 fully saturated rings. The van der Waals surface area contributed by atoms with Crippen LogP contribution in [0.5, 0.6) is 0 Å². The molecule has 2 saturated heterocycles. The number of fused-ring (bicyclic) bond motifs is 7. The van der Waals surface area contributed by atoms with Gasteiger partial charge in [-0.05, 0) is 49.7 Å². The molecule has 0 radical (unpaired) electrons. The molecule has 6 rings (SSSR count). The summed E-state index contributed by atoms with van der Waals surface area (Å²) < 4.78 is 0. The summed E-state index contributed by atoms with van der Waals surface area (Å²) in [5.74, 6) is 0. The summed E-state index contributed by atoms with van der Waals surface area (Å²) in [6, 6.07) is 18.0. The summed E-state index contributed by atoms with van der Waals surface area (Å²) in [4.78, 5) is 2.52. The van der Waals surface area contributed by atoms with Gasteiger partial charge in [-0.2, -0.15) is 0 Å². The van der Waals surface area contributed by atoms with Gasteiger partial charge in [-0.3, -0.25) is 10.2 Å².